The lowest BCUT2D eigenvalue weighted by Crippen LogP contribution is -2.27. The molecular formula is C26H22N6O3S2. The summed E-state index contributed by atoms with van der Waals surface area (Å²) in [6, 6.07) is 25.7. The third-order valence-corrected chi connectivity index (χ3v) is 8.67. The van der Waals surface area contributed by atoms with Gasteiger partial charge in [0.2, 0.25) is 14.8 Å². The highest BCUT2D eigenvalue weighted by Crippen LogP contribution is 2.31. The molecule has 5 rings (SSSR count). The lowest BCUT2D eigenvalue weighted by Gasteiger charge is -2.22. The summed E-state index contributed by atoms with van der Waals surface area (Å²) in [5.41, 5.74) is 3.58. The third-order valence-electron chi connectivity index (χ3n) is 5.63. The van der Waals surface area contributed by atoms with Crippen LogP contribution in [0.15, 0.2) is 89.8 Å². The molecule has 2 aromatic heterocycles. The summed E-state index contributed by atoms with van der Waals surface area (Å²) in [5.74, 6) is 0.199. The molecule has 0 spiro atoms. The van der Waals surface area contributed by atoms with Crippen LogP contribution in [0, 0.1) is 0 Å². The van der Waals surface area contributed by atoms with Gasteiger partial charge in [0.1, 0.15) is 5.75 Å². The van der Waals surface area contributed by atoms with Gasteiger partial charge in [0.05, 0.1) is 17.8 Å². The topological polar surface area (TPSA) is 122 Å². The van der Waals surface area contributed by atoms with E-state index in [9.17, 15) is 13.2 Å². The zero-order valence-electron chi connectivity index (χ0n) is 19.8. The number of hydrogen-bond acceptors (Lipinski definition) is 8. The highest BCUT2D eigenvalue weighted by Gasteiger charge is 2.18. The minimum absolute atomic E-state index is 0.158. The van der Waals surface area contributed by atoms with Gasteiger partial charge in [-0.1, -0.05) is 54.6 Å². The van der Waals surface area contributed by atoms with Crippen LogP contribution in [-0.4, -0.2) is 39.9 Å². The molecule has 0 bridgehead atoms. The number of aromatic nitrogens is 5. The first-order chi connectivity index (χ1) is 17.9. The number of nitrogens with zero attached hydrogens (tertiary/aromatic N) is 5. The van der Waals surface area contributed by atoms with Crippen molar-refractivity contribution in [2.45, 2.75) is 24.1 Å². The van der Waals surface area contributed by atoms with Crippen molar-refractivity contribution in [2.75, 3.05) is 4.90 Å². The van der Waals surface area contributed by atoms with Gasteiger partial charge in [0.25, 0.3) is 0 Å². The maximum absolute atomic E-state index is 13.0. The number of nitrogens with one attached hydrogen (secondary N) is 1. The van der Waals surface area contributed by atoms with Crippen LogP contribution in [0.2, 0.25) is 0 Å². The van der Waals surface area contributed by atoms with Gasteiger partial charge in [0, 0.05) is 39.3 Å². The molecular weight excluding hydrogens is 508 g/mol. The molecule has 0 aliphatic heterocycles. The number of tetrazole rings is 1. The number of pyridine rings is 1. The van der Waals surface area contributed by atoms with Crippen molar-refractivity contribution in [3.8, 4) is 11.4 Å². The maximum atomic E-state index is 13.0. The van der Waals surface area contributed by atoms with E-state index in [0.29, 0.717) is 28.6 Å². The van der Waals surface area contributed by atoms with Crippen molar-refractivity contribution < 1.29 is 13.2 Å². The molecule has 3 aromatic carbocycles. The zero-order valence-corrected chi connectivity index (χ0v) is 21.4. The van der Waals surface area contributed by atoms with Crippen LogP contribution < -0.4 is 4.90 Å². The van der Waals surface area contributed by atoms with E-state index < -0.39 is 8.87 Å². The Labute approximate surface area is 217 Å². The highest BCUT2D eigenvalue weighted by molar-refractivity contribution is 8.71. The molecule has 2 heterocycles. The first kappa shape index (κ1) is 24.6. The summed E-state index contributed by atoms with van der Waals surface area (Å²) in [5, 5.41) is 14.7. The molecule has 0 saturated heterocycles. The number of fused-ring (bicyclic) bond motifs is 1. The number of benzene rings is 3. The van der Waals surface area contributed by atoms with Gasteiger partial charge < -0.3 is 4.90 Å². The molecule has 37 heavy (non-hydrogen) atoms. The average molecular weight is 531 g/mol. The van der Waals surface area contributed by atoms with Crippen LogP contribution in [-0.2, 0) is 26.0 Å². The van der Waals surface area contributed by atoms with Gasteiger partial charge in [-0.3, -0.25) is 9.78 Å². The summed E-state index contributed by atoms with van der Waals surface area (Å²) in [4.78, 5) is 19.1. The summed E-state index contributed by atoms with van der Waals surface area (Å²) < 4.78 is 25.9. The molecule has 1 N–H and O–H groups in total. The zero-order chi connectivity index (χ0) is 25.8. The second-order valence-electron chi connectivity index (χ2n) is 8.33. The molecule has 5 aromatic rings. The molecule has 0 atom stereocenters. The van der Waals surface area contributed by atoms with Gasteiger partial charge in [0.15, 0.2) is 5.82 Å². The van der Waals surface area contributed by atoms with Crippen LogP contribution >= 0.6 is 10.8 Å². The summed E-state index contributed by atoms with van der Waals surface area (Å²) >= 11 is 0. The fourth-order valence-corrected chi connectivity index (χ4v) is 6.77. The van der Waals surface area contributed by atoms with E-state index in [1.54, 1.807) is 35.2 Å². The molecule has 11 heteroatoms. The van der Waals surface area contributed by atoms with Gasteiger partial charge in [-0.25, -0.2) is 13.5 Å². The molecule has 0 unspecified atom stereocenters. The van der Waals surface area contributed by atoms with E-state index >= 15 is 0 Å². The van der Waals surface area contributed by atoms with Crippen LogP contribution in [0.4, 0.5) is 5.69 Å². The fourth-order valence-electron chi connectivity index (χ4n) is 3.87. The number of amides is 1. The Morgan fingerprint density at radius 3 is 2.54 bits per heavy atom. The number of anilines is 1. The number of carbonyl (C=O) groups excluding carboxylic acids is 1. The number of hydrogen-bond donors (Lipinski definition) is 1. The van der Waals surface area contributed by atoms with Gasteiger partial charge in [-0.15, -0.1) is 5.10 Å². The number of aromatic amines is 1. The first-order valence-corrected chi connectivity index (χ1v) is 14.3. The number of H-pyrrole nitrogens is 1. The Kier molecular flexibility index (Phi) is 6.97. The van der Waals surface area contributed by atoms with E-state index in [0.717, 1.165) is 32.8 Å². The van der Waals surface area contributed by atoms with Crippen molar-refractivity contribution in [1.82, 2.24) is 25.6 Å². The van der Waals surface area contributed by atoms with E-state index in [1.807, 2.05) is 54.6 Å². The first-order valence-electron chi connectivity index (χ1n) is 11.3. The predicted molar refractivity (Wildman–Crippen MR) is 143 cm³/mol. The summed E-state index contributed by atoms with van der Waals surface area (Å²) in [6.45, 7) is 1.81. The molecule has 0 saturated carbocycles. The second kappa shape index (κ2) is 10.5. The van der Waals surface area contributed by atoms with Crippen LogP contribution in [0.25, 0.3) is 22.3 Å². The molecule has 9 nitrogen and oxygen atoms in total. The second-order valence-corrected chi connectivity index (χ2v) is 12.4. The molecule has 0 radical (unpaired) electrons. The summed E-state index contributed by atoms with van der Waals surface area (Å²) in [6.07, 6.45) is 0. The predicted octanol–water partition coefficient (Wildman–Crippen LogP) is 4.59. The van der Waals surface area contributed by atoms with E-state index in [4.69, 9.17) is 0 Å². The van der Waals surface area contributed by atoms with E-state index in [2.05, 4.69) is 25.6 Å². The summed E-state index contributed by atoms with van der Waals surface area (Å²) in [7, 11) is -2.80. The Bertz CT molecular complexity index is 1660. The fraction of sp³-hybridized carbons (Fsp3) is 0.115. The minimum Gasteiger partial charge on any atom is -0.308 e. The van der Waals surface area contributed by atoms with Crippen molar-refractivity contribution in [3.63, 3.8) is 0 Å². The lowest BCUT2D eigenvalue weighted by molar-refractivity contribution is -0.116. The SMILES string of the molecule is CC(=O)N(Cc1ccc(-c2nnn[nH]2)cc1)c1cccc(SS(=O)(=O)Cc2ccc3ccccc3n2)c1. The lowest BCUT2D eigenvalue weighted by atomic mass is 10.1. The van der Waals surface area contributed by atoms with Gasteiger partial charge in [-0.05, 0) is 46.3 Å². The molecule has 1 amide bonds. The number of carbonyl (C=O) groups is 1. The highest BCUT2D eigenvalue weighted by atomic mass is 33.1. The minimum atomic E-state index is -3.57. The van der Waals surface area contributed by atoms with E-state index in [-0.39, 0.29) is 11.7 Å². The Morgan fingerprint density at radius 2 is 1.78 bits per heavy atom. The van der Waals surface area contributed by atoms with Gasteiger partial charge >= 0.3 is 0 Å². The van der Waals surface area contributed by atoms with Crippen LogP contribution in [0.1, 0.15) is 18.2 Å². The monoisotopic (exact) mass is 530 g/mol. The quantitative estimate of drug-likeness (QED) is 0.289. The Balaban J connectivity index is 1.31. The van der Waals surface area contributed by atoms with Crippen molar-refractivity contribution in [1.29, 1.82) is 0 Å². The van der Waals surface area contributed by atoms with Crippen LogP contribution in [0.5, 0.6) is 0 Å². The number of rotatable bonds is 8. The smallest absolute Gasteiger partial charge is 0.224 e. The van der Waals surface area contributed by atoms with E-state index in [1.165, 1.54) is 6.92 Å². The Morgan fingerprint density at radius 1 is 0.973 bits per heavy atom. The molecule has 186 valence electrons. The largest absolute Gasteiger partial charge is 0.308 e. The van der Waals surface area contributed by atoms with Crippen LogP contribution in [0.3, 0.4) is 0 Å². The van der Waals surface area contributed by atoms with Crippen molar-refractivity contribution in [2.24, 2.45) is 0 Å². The standard InChI is InChI=1S/C26H22N6O3S2/c1-18(33)32(16-19-9-11-21(12-10-19)26-28-30-31-29-26)23-6-4-7-24(15-23)36-37(34,35)17-22-14-13-20-5-2-3-8-25(20)27-22/h2-15H,16-17H2,1H3,(H,28,29,30,31). The van der Waals surface area contributed by atoms with Crippen molar-refractivity contribution in [3.05, 3.63) is 96.2 Å². The van der Waals surface area contributed by atoms with Gasteiger partial charge in [-0.2, -0.15) is 0 Å². The number of para-hydroxylation sites is 1. The van der Waals surface area contributed by atoms with Crippen molar-refractivity contribution >= 4 is 42.2 Å². The Hall–Kier alpha value is -4.09. The molecule has 0 aliphatic rings. The average Bonchev–Trinajstić information content (AvgIpc) is 3.42. The maximum Gasteiger partial charge on any atom is 0.224 e. The molecule has 0 fully saturated rings. The third kappa shape index (κ3) is 6.01. The molecule has 0 aliphatic carbocycles. The normalized spacial score (nSPS) is 11.5.